The lowest BCUT2D eigenvalue weighted by Gasteiger charge is -2.34. The van der Waals surface area contributed by atoms with Crippen LogP contribution in [0.25, 0.3) is 0 Å². The second-order valence-electron chi connectivity index (χ2n) is 4.97. The molecule has 0 atom stereocenters. The van der Waals surface area contributed by atoms with Gasteiger partial charge in [0.2, 0.25) is 10.0 Å². The maximum Gasteiger partial charge on any atom is 0.243 e. The number of halogens is 1. The monoisotopic (exact) mass is 288 g/mol. The van der Waals surface area contributed by atoms with Crippen LogP contribution in [-0.4, -0.2) is 27.2 Å². The fraction of sp³-hybridized carbons (Fsp3) is 0.500. The van der Waals surface area contributed by atoms with Gasteiger partial charge in [-0.2, -0.15) is 0 Å². The Hall–Kier alpha value is -1.18. The zero-order valence-corrected chi connectivity index (χ0v) is 11.5. The first-order valence-electron chi connectivity index (χ1n) is 5.99. The molecule has 0 aromatic heterocycles. The highest BCUT2D eigenvalue weighted by molar-refractivity contribution is 7.89. The molecule has 1 aliphatic rings. The summed E-state index contributed by atoms with van der Waals surface area (Å²) in [5.41, 5.74) is 4.99. The second-order valence-corrected chi connectivity index (χ2v) is 6.62. The highest BCUT2D eigenvalue weighted by atomic mass is 32.2. The maximum absolute atomic E-state index is 13.7. The molecule has 1 fully saturated rings. The van der Waals surface area contributed by atoms with E-state index in [4.69, 9.17) is 10.5 Å². The first-order chi connectivity index (χ1) is 8.82. The molecule has 1 heterocycles. The summed E-state index contributed by atoms with van der Waals surface area (Å²) in [7, 11) is -3.90. The summed E-state index contributed by atoms with van der Waals surface area (Å²) in [4.78, 5) is -0.380. The number of hydrogen-bond acceptors (Lipinski definition) is 4. The van der Waals surface area contributed by atoms with Crippen LogP contribution >= 0.6 is 0 Å². The van der Waals surface area contributed by atoms with Crippen LogP contribution in [0.4, 0.5) is 10.1 Å². The Morgan fingerprint density at radius 3 is 2.58 bits per heavy atom. The van der Waals surface area contributed by atoms with Gasteiger partial charge in [0.25, 0.3) is 0 Å². The number of nitrogens with one attached hydrogen (secondary N) is 1. The number of rotatable bonds is 3. The van der Waals surface area contributed by atoms with E-state index in [1.54, 1.807) is 6.92 Å². The van der Waals surface area contributed by atoms with E-state index in [9.17, 15) is 12.8 Å². The molecule has 0 radical (unpaired) electrons. The summed E-state index contributed by atoms with van der Waals surface area (Å²) in [5, 5.41) is 0. The highest BCUT2D eigenvalue weighted by Crippen LogP contribution is 2.24. The summed E-state index contributed by atoms with van der Waals surface area (Å²) in [5.74, 6) is -0.844. The molecular weight excluding hydrogens is 271 g/mol. The van der Waals surface area contributed by atoms with E-state index in [0.717, 1.165) is 6.07 Å². The van der Waals surface area contributed by atoms with Gasteiger partial charge in [-0.25, -0.2) is 17.5 Å². The predicted molar refractivity (Wildman–Crippen MR) is 69.6 cm³/mol. The van der Waals surface area contributed by atoms with Crippen molar-refractivity contribution in [3.05, 3.63) is 24.0 Å². The standard InChI is InChI=1S/C12H17FN2O3S/c1-12(4-6-18-7-5-12)15-19(16,17)11-3-2-9(14)8-10(11)13/h2-3,8,15H,4-7,14H2,1H3. The van der Waals surface area contributed by atoms with Crippen LogP contribution in [0.1, 0.15) is 19.8 Å². The van der Waals surface area contributed by atoms with Crippen LogP contribution in [0.5, 0.6) is 0 Å². The van der Waals surface area contributed by atoms with Gasteiger partial charge in [-0.05, 0) is 38.0 Å². The number of benzene rings is 1. The summed E-state index contributed by atoms with van der Waals surface area (Å²) in [6, 6.07) is 3.54. The lowest BCUT2D eigenvalue weighted by molar-refractivity contribution is 0.0537. The van der Waals surface area contributed by atoms with Gasteiger partial charge in [0.05, 0.1) is 0 Å². The molecule has 0 amide bonds. The molecule has 106 valence electrons. The maximum atomic E-state index is 13.7. The molecule has 1 saturated heterocycles. The molecule has 2 rings (SSSR count). The van der Waals surface area contributed by atoms with Gasteiger partial charge < -0.3 is 10.5 Å². The van der Waals surface area contributed by atoms with Crippen molar-refractivity contribution in [1.82, 2.24) is 4.72 Å². The van der Waals surface area contributed by atoms with E-state index >= 15 is 0 Å². The molecule has 0 spiro atoms. The van der Waals surface area contributed by atoms with Crippen LogP contribution in [0, 0.1) is 5.82 Å². The Bertz CT molecular complexity index is 568. The quantitative estimate of drug-likeness (QED) is 0.820. The Balaban J connectivity index is 2.27. The Kier molecular flexibility index (Phi) is 3.80. The SMILES string of the molecule is CC1(NS(=O)(=O)c2ccc(N)cc2F)CCOCC1. The average molecular weight is 288 g/mol. The minimum atomic E-state index is -3.90. The number of sulfonamides is 1. The average Bonchev–Trinajstić information content (AvgIpc) is 2.27. The van der Waals surface area contributed by atoms with Crippen LogP contribution in [-0.2, 0) is 14.8 Å². The number of nitrogens with two attached hydrogens (primary N) is 1. The summed E-state index contributed by atoms with van der Waals surface area (Å²) < 4.78 is 45.9. The molecule has 1 aromatic rings. The summed E-state index contributed by atoms with van der Waals surface area (Å²) in [6.45, 7) is 2.77. The van der Waals surface area contributed by atoms with E-state index in [1.807, 2.05) is 0 Å². The molecule has 19 heavy (non-hydrogen) atoms. The van der Waals surface area contributed by atoms with Gasteiger partial charge in [-0.1, -0.05) is 0 Å². The largest absolute Gasteiger partial charge is 0.399 e. The minimum Gasteiger partial charge on any atom is -0.399 e. The third-order valence-corrected chi connectivity index (χ3v) is 4.89. The zero-order chi connectivity index (χ0) is 14.1. The van der Waals surface area contributed by atoms with E-state index < -0.39 is 21.4 Å². The van der Waals surface area contributed by atoms with E-state index in [0.29, 0.717) is 26.1 Å². The first kappa shape index (κ1) is 14.2. The molecule has 1 aliphatic heterocycles. The molecule has 0 bridgehead atoms. The highest BCUT2D eigenvalue weighted by Gasteiger charge is 2.33. The summed E-state index contributed by atoms with van der Waals surface area (Å²) in [6.07, 6.45) is 1.12. The van der Waals surface area contributed by atoms with Gasteiger partial charge >= 0.3 is 0 Å². The van der Waals surface area contributed by atoms with Crippen molar-refractivity contribution in [1.29, 1.82) is 0 Å². The Morgan fingerprint density at radius 1 is 1.37 bits per heavy atom. The van der Waals surface area contributed by atoms with Gasteiger partial charge in [-0.3, -0.25) is 0 Å². The van der Waals surface area contributed by atoms with Crippen molar-refractivity contribution in [2.24, 2.45) is 0 Å². The fourth-order valence-corrected chi connectivity index (χ4v) is 3.56. The summed E-state index contributed by atoms with van der Waals surface area (Å²) >= 11 is 0. The first-order valence-corrected chi connectivity index (χ1v) is 7.47. The van der Waals surface area contributed by atoms with Crippen molar-refractivity contribution < 1.29 is 17.5 Å². The van der Waals surface area contributed by atoms with Crippen molar-refractivity contribution in [3.63, 3.8) is 0 Å². The van der Waals surface area contributed by atoms with E-state index in [-0.39, 0.29) is 10.6 Å². The second kappa shape index (κ2) is 5.07. The van der Waals surface area contributed by atoms with Crippen LogP contribution in [0.2, 0.25) is 0 Å². The number of ether oxygens (including phenoxy) is 1. The molecular formula is C12H17FN2O3S. The molecule has 3 N–H and O–H groups in total. The Labute approximate surface area is 112 Å². The van der Waals surface area contributed by atoms with Crippen molar-refractivity contribution in [2.45, 2.75) is 30.2 Å². The molecule has 0 saturated carbocycles. The topological polar surface area (TPSA) is 81.4 Å². The Morgan fingerprint density at radius 2 is 2.00 bits per heavy atom. The van der Waals surface area contributed by atoms with Gasteiger partial charge in [-0.15, -0.1) is 0 Å². The third-order valence-electron chi connectivity index (χ3n) is 3.22. The smallest absolute Gasteiger partial charge is 0.243 e. The molecule has 0 unspecified atom stereocenters. The third kappa shape index (κ3) is 3.23. The van der Waals surface area contributed by atoms with Crippen LogP contribution in [0.15, 0.2) is 23.1 Å². The molecule has 0 aliphatic carbocycles. The van der Waals surface area contributed by atoms with E-state index in [1.165, 1.54) is 12.1 Å². The van der Waals surface area contributed by atoms with Crippen molar-refractivity contribution >= 4 is 15.7 Å². The van der Waals surface area contributed by atoms with Crippen molar-refractivity contribution in [2.75, 3.05) is 18.9 Å². The van der Waals surface area contributed by atoms with Gasteiger partial charge in [0.1, 0.15) is 10.7 Å². The molecule has 1 aromatic carbocycles. The van der Waals surface area contributed by atoms with Crippen molar-refractivity contribution in [3.8, 4) is 0 Å². The number of hydrogen-bond donors (Lipinski definition) is 2. The van der Waals surface area contributed by atoms with Crippen LogP contribution < -0.4 is 10.5 Å². The lowest BCUT2D eigenvalue weighted by Crippen LogP contribution is -2.49. The van der Waals surface area contributed by atoms with Gasteiger partial charge in [0.15, 0.2) is 0 Å². The predicted octanol–water partition coefficient (Wildman–Crippen LogP) is 1.26. The lowest BCUT2D eigenvalue weighted by atomic mass is 9.94. The molecule has 5 nitrogen and oxygen atoms in total. The fourth-order valence-electron chi connectivity index (χ4n) is 2.04. The van der Waals surface area contributed by atoms with Gasteiger partial charge in [0, 0.05) is 24.4 Å². The molecule has 7 heteroatoms. The zero-order valence-electron chi connectivity index (χ0n) is 10.6. The normalized spacial score (nSPS) is 19.3. The van der Waals surface area contributed by atoms with Crippen LogP contribution in [0.3, 0.4) is 0 Å². The number of nitrogen functional groups attached to an aromatic ring is 1. The minimum absolute atomic E-state index is 0.189. The number of anilines is 1. The van der Waals surface area contributed by atoms with E-state index in [2.05, 4.69) is 4.72 Å².